The number of ether oxygens (including phenoxy) is 2. The van der Waals surface area contributed by atoms with Gasteiger partial charge in [-0.05, 0) is 6.42 Å². The van der Waals surface area contributed by atoms with Gasteiger partial charge < -0.3 is 24.8 Å². The second kappa shape index (κ2) is 7.17. The van der Waals surface area contributed by atoms with E-state index in [1.54, 1.807) is 4.90 Å². The fourth-order valence-corrected chi connectivity index (χ4v) is 1.73. The molecule has 2 amide bonds. The summed E-state index contributed by atoms with van der Waals surface area (Å²) in [6, 6.07) is -1.41. The molecule has 2 N–H and O–H groups in total. The summed E-state index contributed by atoms with van der Waals surface area (Å²) in [6.07, 6.45) is 0.847. The molecule has 0 aromatic carbocycles. The number of carboxylic acids is 1. The molecule has 0 aromatic heterocycles. The van der Waals surface area contributed by atoms with Crippen molar-refractivity contribution in [2.45, 2.75) is 25.5 Å². The Bertz CT molecular complexity index is 297. The van der Waals surface area contributed by atoms with Crippen molar-refractivity contribution >= 4 is 12.0 Å². The van der Waals surface area contributed by atoms with Gasteiger partial charge in [-0.1, -0.05) is 6.92 Å². The molecule has 0 bridgehead atoms. The summed E-state index contributed by atoms with van der Waals surface area (Å²) >= 11 is 0. The zero-order valence-corrected chi connectivity index (χ0v) is 10.7. The number of rotatable bonds is 5. The van der Waals surface area contributed by atoms with Crippen molar-refractivity contribution < 1.29 is 24.2 Å². The van der Waals surface area contributed by atoms with E-state index in [1.165, 1.54) is 7.11 Å². The highest BCUT2D eigenvalue weighted by Crippen LogP contribution is 2.08. The molecule has 0 radical (unpaired) electrons. The minimum absolute atomic E-state index is 0.0233. The molecule has 1 aliphatic rings. The van der Waals surface area contributed by atoms with Crippen molar-refractivity contribution in [3.63, 3.8) is 0 Å². The maximum Gasteiger partial charge on any atom is 0.328 e. The molecular weight excluding hydrogens is 240 g/mol. The number of hydrogen-bond acceptors (Lipinski definition) is 4. The highest BCUT2D eigenvalue weighted by molar-refractivity contribution is 5.82. The maximum atomic E-state index is 11.9. The van der Waals surface area contributed by atoms with Gasteiger partial charge in [-0.25, -0.2) is 9.59 Å². The Hall–Kier alpha value is -1.34. The fourth-order valence-electron chi connectivity index (χ4n) is 1.73. The Kier molecular flexibility index (Phi) is 5.87. The topological polar surface area (TPSA) is 88.1 Å². The summed E-state index contributed by atoms with van der Waals surface area (Å²) in [5, 5.41) is 11.4. The first-order chi connectivity index (χ1) is 8.58. The van der Waals surface area contributed by atoms with Gasteiger partial charge in [0, 0.05) is 20.2 Å². The summed E-state index contributed by atoms with van der Waals surface area (Å²) in [5.74, 6) is -1.11. The maximum absolute atomic E-state index is 11.9. The van der Waals surface area contributed by atoms with Crippen LogP contribution >= 0.6 is 0 Å². The Balaban J connectivity index is 2.50. The Morgan fingerprint density at radius 3 is 2.89 bits per heavy atom. The number of hydrogen-bond donors (Lipinski definition) is 2. The number of nitrogens with one attached hydrogen (secondary N) is 1. The van der Waals surface area contributed by atoms with Crippen LogP contribution < -0.4 is 5.32 Å². The first-order valence-corrected chi connectivity index (χ1v) is 5.97. The highest BCUT2D eigenvalue weighted by Gasteiger charge is 2.26. The molecule has 104 valence electrons. The van der Waals surface area contributed by atoms with E-state index in [0.717, 1.165) is 6.42 Å². The van der Waals surface area contributed by atoms with Crippen LogP contribution in [-0.2, 0) is 14.3 Å². The van der Waals surface area contributed by atoms with Crippen LogP contribution in [0.15, 0.2) is 0 Å². The van der Waals surface area contributed by atoms with Gasteiger partial charge in [-0.3, -0.25) is 0 Å². The lowest BCUT2D eigenvalue weighted by atomic mass is 10.2. The Morgan fingerprint density at radius 2 is 2.33 bits per heavy atom. The molecule has 0 aromatic rings. The van der Waals surface area contributed by atoms with Crippen molar-refractivity contribution in [3.05, 3.63) is 0 Å². The lowest BCUT2D eigenvalue weighted by Gasteiger charge is -2.33. The minimum Gasteiger partial charge on any atom is -0.480 e. The number of carbonyl (C=O) groups excluding carboxylic acids is 1. The van der Waals surface area contributed by atoms with E-state index in [-0.39, 0.29) is 18.7 Å². The van der Waals surface area contributed by atoms with Crippen molar-refractivity contribution in [2.75, 3.05) is 33.4 Å². The molecule has 7 heteroatoms. The number of carbonyl (C=O) groups is 2. The van der Waals surface area contributed by atoms with E-state index >= 15 is 0 Å². The zero-order chi connectivity index (χ0) is 13.5. The largest absolute Gasteiger partial charge is 0.480 e. The quantitative estimate of drug-likeness (QED) is 0.721. The van der Waals surface area contributed by atoms with E-state index in [1.807, 2.05) is 6.92 Å². The molecule has 7 nitrogen and oxygen atoms in total. The molecule has 1 fully saturated rings. The van der Waals surface area contributed by atoms with E-state index in [9.17, 15) is 9.59 Å². The summed E-state index contributed by atoms with van der Waals surface area (Å²) < 4.78 is 10.2. The summed E-state index contributed by atoms with van der Waals surface area (Å²) in [6.45, 7) is 3.37. The van der Waals surface area contributed by atoms with E-state index in [4.69, 9.17) is 14.6 Å². The molecule has 2 atom stereocenters. The first-order valence-electron chi connectivity index (χ1n) is 5.97. The second-order valence-electron chi connectivity index (χ2n) is 4.14. The van der Waals surface area contributed by atoms with Gasteiger partial charge in [0.2, 0.25) is 0 Å². The molecular formula is C11H20N2O5. The Morgan fingerprint density at radius 1 is 1.61 bits per heavy atom. The second-order valence-corrected chi connectivity index (χ2v) is 4.14. The molecule has 1 rings (SSSR count). The smallest absolute Gasteiger partial charge is 0.328 e. The summed E-state index contributed by atoms with van der Waals surface area (Å²) in [7, 11) is 1.39. The first kappa shape index (κ1) is 14.7. The molecule has 0 spiro atoms. The van der Waals surface area contributed by atoms with Gasteiger partial charge in [0.05, 0.1) is 19.3 Å². The van der Waals surface area contributed by atoms with E-state index < -0.39 is 12.0 Å². The molecule has 0 saturated carbocycles. The Labute approximate surface area is 106 Å². The number of urea groups is 1. The van der Waals surface area contributed by atoms with Crippen molar-refractivity contribution in [1.82, 2.24) is 10.2 Å². The highest BCUT2D eigenvalue weighted by atomic mass is 16.5. The van der Waals surface area contributed by atoms with Gasteiger partial charge in [0.25, 0.3) is 0 Å². The fraction of sp³-hybridized carbons (Fsp3) is 0.818. The SMILES string of the molecule is CCC1CN(C(=O)NC(COC)C(=O)O)CCO1. The van der Waals surface area contributed by atoms with Gasteiger partial charge in [-0.15, -0.1) is 0 Å². The lowest BCUT2D eigenvalue weighted by Crippen LogP contribution is -2.54. The van der Waals surface area contributed by atoms with E-state index in [0.29, 0.717) is 19.7 Å². The van der Waals surface area contributed by atoms with Gasteiger partial charge in [0.1, 0.15) is 0 Å². The standard InChI is InChI=1S/C11H20N2O5/c1-3-8-6-13(4-5-18-8)11(16)12-9(7-17-2)10(14)15/h8-9H,3-7H2,1-2H3,(H,12,16)(H,14,15). The van der Waals surface area contributed by atoms with Crippen molar-refractivity contribution in [3.8, 4) is 0 Å². The van der Waals surface area contributed by atoms with Crippen LogP contribution in [0.2, 0.25) is 0 Å². The number of morpholine rings is 1. The predicted molar refractivity (Wildman–Crippen MR) is 63.4 cm³/mol. The molecule has 18 heavy (non-hydrogen) atoms. The van der Waals surface area contributed by atoms with Crippen LogP contribution in [0.25, 0.3) is 0 Å². The number of amides is 2. The summed E-state index contributed by atoms with van der Waals surface area (Å²) in [5.41, 5.74) is 0. The average Bonchev–Trinajstić information content (AvgIpc) is 2.38. The van der Waals surface area contributed by atoms with Crippen LogP contribution in [-0.4, -0.2) is 67.6 Å². The third kappa shape index (κ3) is 4.15. The van der Waals surface area contributed by atoms with Crippen LogP contribution in [0.4, 0.5) is 4.79 Å². The van der Waals surface area contributed by atoms with E-state index in [2.05, 4.69) is 5.32 Å². The zero-order valence-electron chi connectivity index (χ0n) is 10.7. The molecule has 0 aliphatic carbocycles. The van der Waals surface area contributed by atoms with Crippen LogP contribution in [0, 0.1) is 0 Å². The number of aliphatic carboxylic acids is 1. The number of methoxy groups -OCH3 is 1. The average molecular weight is 260 g/mol. The summed E-state index contributed by atoms with van der Waals surface area (Å²) in [4.78, 5) is 24.4. The van der Waals surface area contributed by atoms with Crippen molar-refractivity contribution in [2.24, 2.45) is 0 Å². The van der Waals surface area contributed by atoms with Crippen LogP contribution in [0.1, 0.15) is 13.3 Å². The van der Waals surface area contributed by atoms with Crippen molar-refractivity contribution in [1.29, 1.82) is 0 Å². The van der Waals surface area contributed by atoms with Gasteiger partial charge in [0.15, 0.2) is 6.04 Å². The minimum atomic E-state index is -1.11. The molecule has 1 heterocycles. The monoisotopic (exact) mass is 260 g/mol. The van der Waals surface area contributed by atoms with Gasteiger partial charge >= 0.3 is 12.0 Å². The number of nitrogens with zero attached hydrogens (tertiary/aromatic N) is 1. The molecule has 2 unspecified atom stereocenters. The normalized spacial score (nSPS) is 21.4. The van der Waals surface area contributed by atoms with Crippen LogP contribution in [0.5, 0.6) is 0 Å². The van der Waals surface area contributed by atoms with Gasteiger partial charge in [-0.2, -0.15) is 0 Å². The predicted octanol–water partition coefficient (Wildman–Crippen LogP) is -0.0936. The lowest BCUT2D eigenvalue weighted by molar-refractivity contribution is -0.140. The molecule has 1 saturated heterocycles. The third-order valence-corrected chi connectivity index (χ3v) is 2.81. The third-order valence-electron chi connectivity index (χ3n) is 2.81. The molecule has 1 aliphatic heterocycles. The number of carboxylic acid groups (broad SMARTS) is 1. The van der Waals surface area contributed by atoms with Crippen LogP contribution in [0.3, 0.4) is 0 Å².